The van der Waals surface area contributed by atoms with Crippen molar-refractivity contribution >= 4 is 35.0 Å². The smallest absolute Gasteiger partial charge is 0.213 e. The Bertz CT molecular complexity index is 217. The molecule has 0 aromatic carbocycles. The summed E-state index contributed by atoms with van der Waals surface area (Å²) < 4.78 is 6.27. The van der Waals surface area contributed by atoms with Crippen LogP contribution in [0.25, 0.3) is 0 Å². The highest BCUT2D eigenvalue weighted by atomic mass is 127. The van der Waals surface area contributed by atoms with Crippen LogP contribution >= 0.6 is 35.0 Å². The third-order valence-electron chi connectivity index (χ3n) is 1.07. The molecule has 0 aliphatic heterocycles. The molecule has 0 aliphatic rings. The molecule has 0 amide bonds. The van der Waals surface area contributed by atoms with Gasteiger partial charge in [-0.15, -0.1) is 12.4 Å². The van der Waals surface area contributed by atoms with Crippen molar-refractivity contribution in [3.63, 3.8) is 0 Å². The molecule has 0 radical (unpaired) electrons. The third kappa shape index (κ3) is 4.08. The van der Waals surface area contributed by atoms with Gasteiger partial charge < -0.3 is 10.5 Å². The Balaban J connectivity index is 0.00000121. The lowest BCUT2D eigenvalue weighted by molar-refractivity contribution is 0.315. The van der Waals surface area contributed by atoms with Crippen molar-refractivity contribution in [1.29, 1.82) is 0 Å². The summed E-state index contributed by atoms with van der Waals surface area (Å²) >= 11 is 2.19. The van der Waals surface area contributed by atoms with E-state index in [9.17, 15) is 0 Å². The summed E-state index contributed by atoms with van der Waals surface area (Å²) in [7, 11) is 0. The standard InChI is InChI=1S/C7H9IN2O.ClH/c8-6-1-2-7(10-5-6)11-4-3-9;/h1-2,5H,3-4,9H2;1H. The molecular weight excluding hydrogens is 290 g/mol. The summed E-state index contributed by atoms with van der Waals surface area (Å²) in [6.07, 6.45) is 1.76. The van der Waals surface area contributed by atoms with Gasteiger partial charge in [-0.2, -0.15) is 0 Å². The van der Waals surface area contributed by atoms with Crippen molar-refractivity contribution in [2.24, 2.45) is 5.73 Å². The minimum Gasteiger partial charge on any atom is -0.476 e. The van der Waals surface area contributed by atoms with E-state index in [1.807, 2.05) is 12.1 Å². The average molecular weight is 301 g/mol. The third-order valence-corrected chi connectivity index (χ3v) is 1.71. The molecule has 0 saturated carbocycles. The first-order valence-electron chi connectivity index (χ1n) is 3.27. The van der Waals surface area contributed by atoms with Crippen LogP contribution in [0.2, 0.25) is 0 Å². The molecule has 1 aromatic heterocycles. The number of aromatic nitrogens is 1. The van der Waals surface area contributed by atoms with Crippen molar-refractivity contribution in [2.45, 2.75) is 0 Å². The summed E-state index contributed by atoms with van der Waals surface area (Å²) in [6, 6.07) is 3.77. The number of nitrogens with zero attached hydrogens (tertiary/aromatic N) is 1. The largest absolute Gasteiger partial charge is 0.476 e. The molecule has 3 nitrogen and oxygen atoms in total. The Morgan fingerprint density at radius 2 is 2.25 bits per heavy atom. The number of hydrogen-bond donors (Lipinski definition) is 1. The van der Waals surface area contributed by atoms with E-state index in [-0.39, 0.29) is 12.4 Å². The van der Waals surface area contributed by atoms with E-state index >= 15 is 0 Å². The number of hydrogen-bond acceptors (Lipinski definition) is 3. The quantitative estimate of drug-likeness (QED) is 0.860. The van der Waals surface area contributed by atoms with Gasteiger partial charge in [0, 0.05) is 22.4 Å². The maximum Gasteiger partial charge on any atom is 0.213 e. The fourth-order valence-electron chi connectivity index (χ4n) is 0.611. The van der Waals surface area contributed by atoms with Gasteiger partial charge >= 0.3 is 0 Å². The molecule has 0 unspecified atom stereocenters. The lowest BCUT2D eigenvalue weighted by Gasteiger charge is -2.01. The van der Waals surface area contributed by atoms with Crippen LogP contribution in [0.1, 0.15) is 0 Å². The number of ether oxygens (including phenoxy) is 1. The Labute approximate surface area is 91.2 Å². The van der Waals surface area contributed by atoms with Gasteiger partial charge in [0.2, 0.25) is 5.88 Å². The van der Waals surface area contributed by atoms with Crippen LogP contribution in [0.4, 0.5) is 0 Å². The van der Waals surface area contributed by atoms with Crippen molar-refractivity contribution in [2.75, 3.05) is 13.2 Å². The van der Waals surface area contributed by atoms with Gasteiger partial charge in [-0.25, -0.2) is 4.98 Å². The monoisotopic (exact) mass is 300 g/mol. The minimum absolute atomic E-state index is 0. The second kappa shape index (κ2) is 6.45. The van der Waals surface area contributed by atoms with Gasteiger partial charge in [-0.05, 0) is 28.7 Å². The molecule has 12 heavy (non-hydrogen) atoms. The highest BCUT2D eigenvalue weighted by Crippen LogP contribution is 2.08. The summed E-state index contributed by atoms with van der Waals surface area (Å²) in [5, 5.41) is 0. The van der Waals surface area contributed by atoms with E-state index in [4.69, 9.17) is 10.5 Å². The number of rotatable bonds is 3. The molecule has 1 aromatic rings. The average Bonchev–Trinajstić information content (AvgIpc) is 2.04. The number of halogens is 2. The normalized spacial score (nSPS) is 8.83. The summed E-state index contributed by atoms with van der Waals surface area (Å²) in [5.74, 6) is 0.635. The molecule has 0 fully saturated rings. The molecule has 0 atom stereocenters. The summed E-state index contributed by atoms with van der Waals surface area (Å²) in [6.45, 7) is 1.04. The van der Waals surface area contributed by atoms with Crippen LogP contribution in [-0.4, -0.2) is 18.1 Å². The molecule has 1 heterocycles. The molecule has 5 heteroatoms. The van der Waals surface area contributed by atoms with Gasteiger partial charge in [0.15, 0.2) is 0 Å². The fraction of sp³-hybridized carbons (Fsp3) is 0.286. The Morgan fingerprint density at radius 1 is 1.50 bits per heavy atom. The molecule has 1 rings (SSSR count). The summed E-state index contributed by atoms with van der Waals surface area (Å²) in [5.41, 5.74) is 5.25. The zero-order valence-corrected chi connectivity index (χ0v) is 9.34. The van der Waals surface area contributed by atoms with Gasteiger partial charge in [-0.3, -0.25) is 0 Å². The van der Waals surface area contributed by atoms with Crippen LogP contribution in [0.3, 0.4) is 0 Å². The number of nitrogens with two attached hydrogens (primary N) is 1. The fourth-order valence-corrected chi connectivity index (χ4v) is 0.930. The Morgan fingerprint density at radius 3 is 2.75 bits per heavy atom. The highest BCUT2D eigenvalue weighted by molar-refractivity contribution is 14.1. The zero-order chi connectivity index (χ0) is 8.10. The second-order valence-corrected chi connectivity index (χ2v) is 3.20. The first-order chi connectivity index (χ1) is 5.33. The van der Waals surface area contributed by atoms with E-state index in [0.717, 1.165) is 3.57 Å². The molecule has 2 N–H and O–H groups in total. The van der Waals surface area contributed by atoms with E-state index in [1.54, 1.807) is 6.20 Å². The number of pyridine rings is 1. The topological polar surface area (TPSA) is 48.1 Å². The SMILES string of the molecule is Cl.NCCOc1ccc(I)cn1. The van der Waals surface area contributed by atoms with Crippen molar-refractivity contribution in [1.82, 2.24) is 4.98 Å². The lowest BCUT2D eigenvalue weighted by atomic mass is 10.5. The van der Waals surface area contributed by atoms with Crippen molar-refractivity contribution in [3.05, 3.63) is 21.9 Å². The van der Waals surface area contributed by atoms with E-state index in [0.29, 0.717) is 19.0 Å². The molecular formula is C7H10ClIN2O. The van der Waals surface area contributed by atoms with Crippen molar-refractivity contribution < 1.29 is 4.74 Å². The first kappa shape index (κ1) is 11.9. The predicted molar refractivity (Wildman–Crippen MR) is 58.8 cm³/mol. The lowest BCUT2D eigenvalue weighted by Crippen LogP contribution is -2.11. The molecule has 68 valence electrons. The molecule has 0 aliphatic carbocycles. The van der Waals surface area contributed by atoms with Crippen LogP contribution in [0, 0.1) is 3.57 Å². The van der Waals surface area contributed by atoms with Gasteiger partial charge in [-0.1, -0.05) is 0 Å². The second-order valence-electron chi connectivity index (χ2n) is 1.95. The van der Waals surface area contributed by atoms with E-state index in [1.165, 1.54) is 0 Å². The zero-order valence-electron chi connectivity index (χ0n) is 6.37. The van der Waals surface area contributed by atoms with Gasteiger partial charge in [0.1, 0.15) is 6.61 Å². The molecule has 0 bridgehead atoms. The van der Waals surface area contributed by atoms with Crippen LogP contribution in [0.15, 0.2) is 18.3 Å². The van der Waals surface area contributed by atoms with Gasteiger partial charge in [0.25, 0.3) is 0 Å². The minimum atomic E-state index is 0. The molecule has 0 saturated heterocycles. The van der Waals surface area contributed by atoms with E-state index in [2.05, 4.69) is 27.6 Å². The van der Waals surface area contributed by atoms with Crippen LogP contribution in [0.5, 0.6) is 5.88 Å². The first-order valence-corrected chi connectivity index (χ1v) is 4.35. The maximum atomic E-state index is 5.25. The maximum absolute atomic E-state index is 5.25. The van der Waals surface area contributed by atoms with E-state index < -0.39 is 0 Å². The Hall–Kier alpha value is -0.0700. The Kier molecular flexibility index (Phi) is 6.41. The highest BCUT2D eigenvalue weighted by Gasteiger charge is 1.92. The summed E-state index contributed by atoms with van der Waals surface area (Å²) in [4.78, 5) is 4.03. The van der Waals surface area contributed by atoms with Crippen LogP contribution in [-0.2, 0) is 0 Å². The van der Waals surface area contributed by atoms with Crippen LogP contribution < -0.4 is 10.5 Å². The van der Waals surface area contributed by atoms with Crippen molar-refractivity contribution in [3.8, 4) is 5.88 Å². The predicted octanol–water partition coefficient (Wildman–Crippen LogP) is 1.45. The van der Waals surface area contributed by atoms with Gasteiger partial charge in [0.05, 0.1) is 0 Å². The molecule has 0 spiro atoms.